The van der Waals surface area contributed by atoms with E-state index in [1.807, 2.05) is 25.7 Å². The summed E-state index contributed by atoms with van der Waals surface area (Å²) in [6.45, 7) is 12.3. The zero-order valence-electron chi connectivity index (χ0n) is 17.3. The van der Waals surface area contributed by atoms with Crippen LogP contribution in [0.4, 0.5) is 0 Å². The molecule has 0 saturated carbocycles. The Balaban J connectivity index is 2.32. The molecule has 1 fully saturated rings. The van der Waals surface area contributed by atoms with E-state index >= 15 is 0 Å². The number of guanidine groups is 1. The van der Waals surface area contributed by atoms with Crippen molar-refractivity contribution >= 4 is 17.8 Å². The number of hydrogen-bond donors (Lipinski definition) is 3. The van der Waals surface area contributed by atoms with Gasteiger partial charge in [0.15, 0.2) is 5.96 Å². The van der Waals surface area contributed by atoms with Crippen LogP contribution in [0.2, 0.25) is 0 Å². The number of aliphatic imine (C=N–C) groups is 1. The number of nitrogens with zero attached hydrogens (tertiary/aromatic N) is 3. The second kappa shape index (κ2) is 13.4. The van der Waals surface area contributed by atoms with Crippen LogP contribution in [0.25, 0.3) is 0 Å². The molecule has 0 bridgehead atoms. The van der Waals surface area contributed by atoms with Gasteiger partial charge in [0.25, 0.3) is 0 Å². The van der Waals surface area contributed by atoms with Gasteiger partial charge in [-0.15, -0.1) is 0 Å². The maximum Gasteiger partial charge on any atom is 0.224 e. The number of primary amides is 1. The van der Waals surface area contributed by atoms with E-state index in [1.165, 1.54) is 0 Å². The number of amides is 2. The topological polar surface area (TPSA) is 103 Å². The first-order chi connectivity index (χ1) is 13.0. The van der Waals surface area contributed by atoms with Crippen molar-refractivity contribution in [2.24, 2.45) is 16.6 Å². The lowest BCUT2D eigenvalue weighted by molar-refractivity contribution is -0.130. The Morgan fingerprint density at radius 3 is 2.59 bits per heavy atom. The summed E-state index contributed by atoms with van der Waals surface area (Å²) in [4.78, 5) is 32.1. The summed E-state index contributed by atoms with van der Waals surface area (Å²) in [5, 5.41) is 6.44. The standard InChI is InChI=1S/C19H38N6O2/c1-4-21-19(23-12-10-17(26)25(5-2)6-3)22-11-8-14-24-13-7-9-16(15-24)18(20)27/h16H,4-15H2,1-3H3,(H2,20,27)(H2,21,22,23). The fourth-order valence-corrected chi connectivity index (χ4v) is 3.34. The number of likely N-dealkylation sites (tertiary alicyclic amines) is 1. The molecular formula is C19H38N6O2. The first kappa shape index (κ1) is 23.2. The zero-order valence-corrected chi connectivity index (χ0v) is 17.3. The molecule has 0 aliphatic carbocycles. The normalized spacial score (nSPS) is 18.2. The van der Waals surface area contributed by atoms with Gasteiger partial charge in [0.1, 0.15) is 0 Å². The minimum absolute atomic E-state index is 0.00965. The molecule has 4 N–H and O–H groups in total. The van der Waals surface area contributed by atoms with Gasteiger partial charge in [-0.2, -0.15) is 0 Å². The van der Waals surface area contributed by atoms with Gasteiger partial charge in [0.2, 0.25) is 11.8 Å². The second-order valence-corrected chi connectivity index (χ2v) is 6.90. The molecule has 1 aliphatic rings. The van der Waals surface area contributed by atoms with Crippen molar-refractivity contribution in [3.05, 3.63) is 0 Å². The molecule has 1 rings (SSSR count). The Bertz CT molecular complexity index is 479. The number of carbonyl (C=O) groups is 2. The lowest BCUT2D eigenvalue weighted by Gasteiger charge is -2.30. The average Bonchev–Trinajstić information content (AvgIpc) is 2.66. The molecule has 0 aromatic carbocycles. The van der Waals surface area contributed by atoms with Crippen LogP contribution in [-0.4, -0.2) is 79.9 Å². The minimum atomic E-state index is -0.185. The van der Waals surface area contributed by atoms with E-state index in [0.29, 0.717) is 19.5 Å². The summed E-state index contributed by atoms with van der Waals surface area (Å²) in [7, 11) is 0. The molecule has 156 valence electrons. The van der Waals surface area contributed by atoms with Gasteiger partial charge < -0.3 is 26.2 Å². The summed E-state index contributed by atoms with van der Waals surface area (Å²) < 4.78 is 0. The molecule has 0 aromatic heterocycles. The van der Waals surface area contributed by atoms with Crippen molar-refractivity contribution in [2.75, 3.05) is 52.4 Å². The number of hydrogen-bond acceptors (Lipinski definition) is 4. The maximum atomic E-state index is 12.0. The van der Waals surface area contributed by atoms with Crippen LogP contribution >= 0.6 is 0 Å². The van der Waals surface area contributed by atoms with Crippen molar-refractivity contribution in [3.63, 3.8) is 0 Å². The van der Waals surface area contributed by atoms with Crippen LogP contribution in [-0.2, 0) is 9.59 Å². The Morgan fingerprint density at radius 1 is 1.22 bits per heavy atom. The number of piperidine rings is 1. The molecule has 2 amide bonds. The Morgan fingerprint density at radius 2 is 1.96 bits per heavy atom. The smallest absolute Gasteiger partial charge is 0.224 e. The van der Waals surface area contributed by atoms with Crippen LogP contribution in [0.5, 0.6) is 0 Å². The van der Waals surface area contributed by atoms with E-state index in [0.717, 1.165) is 64.5 Å². The van der Waals surface area contributed by atoms with Gasteiger partial charge in [-0.3, -0.25) is 14.6 Å². The average molecular weight is 383 g/mol. The minimum Gasteiger partial charge on any atom is -0.369 e. The van der Waals surface area contributed by atoms with E-state index in [2.05, 4.69) is 20.5 Å². The lowest BCUT2D eigenvalue weighted by Crippen LogP contribution is -2.42. The highest BCUT2D eigenvalue weighted by atomic mass is 16.2. The van der Waals surface area contributed by atoms with E-state index in [1.54, 1.807) is 0 Å². The molecule has 1 saturated heterocycles. The number of rotatable bonds is 11. The molecule has 8 heteroatoms. The highest BCUT2D eigenvalue weighted by molar-refractivity contribution is 5.81. The van der Waals surface area contributed by atoms with Crippen molar-refractivity contribution in [3.8, 4) is 0 Å². The first-order valence-electron chi connectivity index (χ1n) is 10.3. The number of nitrogens with two attached hydrogens (primary N) is 1. The van der Waals surface area contributed by atoms with Crippen molar-refractivity contribution in [1.29, 1.82) is 0 Å². The van der Waals surface area contributed by atoms with Crippen LogP contribution < -0.4 is 16.4 Å². The van der Waals surface area contributed by atoms with E-state index in [-0.39, 0.29) is 17.7 Å². The van der Waals surface area contributed by atoms with Gasteiger partial charge in [-0.05, 0) is 53.1 Å². The molecule has 0 radical (unpaired) electrons. The molecular weight excluding hydrogens is 344 g/mol. The molecule has 8 nitrogen and oxygen atoms in total. The van der Waals surface area contributed by atoms with E-state index < -0.39 is 0 Å². The summed E-state index contributed by atoms with van der Waals surface area (Å²) in [6, 6.07) is 0. The predicted octanol–water partition coefficient (Wildman–Crippen LogP) is 0.387. The third-order valence-corrected chi connectivity index (χ3v) is 4.90. The van der Waals surface area contributed by atoms with Gasteiger partial charge >= 0.3 is 0 Å². The summed E-state index contributed by atoms with van der Waals surface area (Å²) in [5.41, 5.74) is 5.43. The Kier molecular flexibility index (Phi) is 11.5. The molecule has 1 unspecified atom stereocenters. The molecule has 1 heterocycles. The van der Waals surface area contributed by atoms with Crippen molar-refractivity contribution in [1.82, 2.24) is 20.4 Å². The second-order valence-electron chi connectivity index (χ2n) is 6.90. The number of nitrogens with one attached hydrogen (secondary N) is 2. The van der Waals surface area contributed by atoms with Gasteiger partial charge in [0, 0.05) is 45.7 Å². The molecule has 1 aliphatic heterocycles. The zero-order chi connectivity index (χ0) is 20.1. The highest BCUT2D eigenvalue weighted by Gasteiger charge is 2.23. The van der Waals surface area contributed by atoms with Crippen LogP contribution in [0.15, 0.2) is 4.99 Å². The summed E-state index contributed by atoms with van der Waals surface area (Å²) in [6.07, 6.45) is 3.33. The predicted molar refractivity (Wildman–Crippen MR) is 110 cm³/mol. The molecule has 27 heavy (non-hydrogen) atoms. The highest BCUT2D eigenvalue weighted by Crippen LogP contribution is 2.15. The van der Waals surface area contributed by atoms with Crippen LogP contribution in [0.1, 0.15) is 46.5 Å². The van der Waals surface area contributed by atoms with Crippen molar-refractivity contribution < 1.29 is 9.59 Å². The number of carbonyl (C=O) groups excluding carboxylic acids is 2. The van der Waals surface area contributed by atoms with Crippen molar-refractivity contribution in [2.45, 2.75) is 46.5 Å². The Labute approximate surface area is 163 Å². The maximum absolute atomic E-state index is 12.0. The third-order valence-electron chi connectivity index (χ3n) is 4.90. The fraction of sp³-hybridized carbons (Fsp3) is 0.842. The Hall–Kier alpha value is -1.83. The molecule has 1 atom stereocenters. The van der Waals surface area contributed by atoms with Gasteiger partial charge in [-0.1, -0.05) is 0 Å². The summed E-state index contributed by atoms with van der Waals surface area (Å²) >= 11 is 0. The van der Waals surface area contributed by atoms with E-state index in [9.17, 15) is 9.59 Å². The molecule has 0 spiro atoms. The van der Waals surface area contributed by atoms with E-state index in [4.69, 9.17) is 5.73 Å². The first-order valence-corrected chi connectivity index (χ1v) is 10.3. The van der Waals surface area contributed by atoms with Gasteiger partial charge in [-0.25, -0.2) is 0 Å². The van der Waals surface area contributed by atoms with Crippen LogP contribution in [0.3, 0.4) is 0 Å². The molecule has 0 aromatic rings. The third kappa shape index (κ3) is 9.08. The fourth-order valence-electron chi connectivity index (χ4n) is 3.34. The summed E-state index contributed by atoms with van der Waals surface area (Å²) in [5.74, 6) is 0.719. The lowest BCUT2D eigenvalue weighted by atomic mass is 9.97. The van der Waals surface area contributed by atoms with Gasteiger partial charge in [0.05, 0.1) is 5.92 Å². The quantitative estimate of drug-likeness (QED) is 0.272. The van der Waals surface area contributed by atoms with Crippen LogP contribution in [0, 0.1) is 5.92 Å². The monoisotopic (exact) mass is 382 g/mol. The SMILES string of the molecule is CCNC(=NCCCN1CCCC(C(N)=O)C1)NCCC(=O)N(CC)CC. The largest absolute Gasteiger partial charge is 0.369 e.